The number of methoxy groups -OCH3 is 2. The summed E-state index contributed by atoms with van der Waals surface area (Å²) in [7, 11) is 3.15. The molecule has 0 aromatic heterocycles. The predicted octanol–water partition coefficient (Wildman–Crippen LogP) is 6.98. The molecule has 0 bridgehead atoms. The van der Waals surface area contributed by atoms with E-state index in [0.717, 1.165) is 48.4 Å². The summed E-state index contributed by atoms with van der Waals surface area (Å²) >= 11 is 0. The van der Waals surface area contributed by atoms with Gasteiger partial charge in [-0.1, -0.05) is 18.2 Å². The third-order valence-corrected chi connectivity index (χ3v) is 7.67. The molecule has 0 fully saturated rings. The third-order valence-electron chi connectivity index (χ3n) is 7.67. The number of hydrogen-bond acceptors (Lipinski definition) is 6. The van der Waals surface area contributed by atoms with E-state index in [9.17, 15) is 9.59 Å². The minimum atomic E-state index is -0.561. The van der Waals surface area contributed by atoms with E-state index < -0.39 is 11.7 Å². The van der Waals surface area contributed by atoms with Crippen molar-refractivity contribution in [3.8, 4) is 11.5 Å². The molecular weight excluding hydrogens is 518 g/mol. The number of nitrogens with one attached hydrogen (secondary N) is 1. The Morgan fingerprint density at radius 2 is 1.68 bits per heavy atom. The van der Waals surface area contributed by atoms with Gasteiger partial charge in [0.05, 0.1) is 20.3 Å². The average molecular weight is 558 g/mol. The zero-order chi connectivity index (χ0) is 29.3. The van der Waals surface area contributed by atoms with Gasteiger partial charge in [0, 0.05) is 35.2 Å². The van der Waals surface area contributed by atoms with Gasteiger partial charge in [0.15, 0.2) is 11.5 Å². The summed E-state index contributed by atoms with van der Waals surface area (Å²) in [5.74, 6) is 1.05. The summed E-state index contributed by atoms with van der Waals surface area (Å²) in [5, 5.41) is 2.87. The Balaban J connectivity index is 1.44. The van der Waals surface area contributed by atoms with Gasteiger partial charge in [-0.05, 0) is 101 Å². The molecule has 2 unspecified atom stereocenters. The Morgan fingerprint density at radius 1 is 0.927 bits per heavy atom. The van der Waals surface area contributed by atoms with Gasteiger partial charge in [-0.3, -0.25) is 10.1 Å². The summed E-state index contributed by atoms with van der Waals surface area (Å²) in [4.78, 5) is 30.6. The van der Waals surface area contributed by atoms with Gasteiger partial charge in [0.25, 0.3) is 5.91 Å². The van der Waals surface area contributed by atoms with Crippen LogP contribution in [0.4, 0.5) is 21.9 Å². The molecule has 2 amide bonds. The van der Waals surface area contributed by atoms with Gasteiger partial charge in [0.2, 0.25) is 0 Å². The van der Waals surface area contributed by atoms with Crippen molar-refractivity contribution in [3.63, 3.8) is 0 Å². The summed E-state index contributed by atoms with van der Waals surface area (Å²) < 4.78 is 16.3. The molecule has 2 aliphatic rings. The SMILES string of the molecule is COc1ccc(C(=O)N2c3ccccc3C(N3CCCc4cc(NC(=O)OC(C)(C)C)ccc43)CC2C)cc1OC. The van der Waals surface area contributed by atoms with Gasteiger partial charge in [-0.15, -0.1) is 0 Å². The molecule has 0 saturated heterocycles. The molecule has 0 radical (unpaired) electrons. The van der Waals surface area contributed by atoms with E-state index in [-0.39, 0.29) is 18.0 Å². The number of rotatable bonds is 5. The lowest BCUT2D eigenvalue weighted by Crippen LogP contribution is -2.47. The van der Waals surface area contributed by atoms with E-state index in [1.54, 1.807) is 32.4 Å². The first kappa shape index (κ1) is 28.3. The fourth-order valence-electron chi connectivity index (χ4n) is 5.94. The number of aryl methyl sites for hydroxylation is 1. The summed E-state index contributed by atoms with van der Waals surface area (Å²) in [5.41, 5.74) is 5.13. The standard InChI is InChI=1S/C33H39N3O5/c1-21-18-28(35-17-9-10-22-19-24(14-15-26(22)35)34-32(38)41-33(2,3)4)25-11-7-8-12-27(25)36(21)31(37)23-13-16-29(39-5)30(20-23)40-6/h7-8,11-16,19-21,28H,9-10,17-18H2,1-6H3,(H,34,38). The van der Waals surface area contributed by atoms with Crippen molar-refractivity contribution in [1.29, 1.82) is 0 Å². The molecule has 3 aromatic rings. The molecule has 2 aliphatic heterocycles. The van der Waals surface area contributed by atoms with Crippen LogP contribution in [0.1, 0.15) is 68.1 Å². The number of anilines is 3. The fourth-order valence-corrected chi connectivity index (χ4v) is 5.94. The van der Waals surface area contributed by atoms with Crippen molar-refractivity contribution in [1.82, 2.24) is 0 Å². The maximum Gasteiger partial charge on any atom is 0.412 e. The van der Waals surface area contributed by atoms with Gasteiger partial charge < -0.3 is 24.0 Å². The lowest BCUT2D eigenvalue weighted by atomic mass is 9.87. The quantitative estimate of drug-likeness (QED) is 0.364. The maximum atomic E-state index is 13.9. The Bertz CT molecular complexity index is 1450. The second-order valence-electron chi connectivity index (χ2n) is 11.7. The first-order valence-corrected chi connectivity index (χ1v) is 14.1. The van der Waals surface area contributed by atoms with Crippen LogP contribution < -0.4 is 24.6 Å². The van der Waals surface area contributed by atoms with Crippen LogP contribution in [0, 0.1) is 0 Å². The molecule has 216 valence electrons. The van der Waals surface area contributed by atoms with E-state index in [2.05, 4.69) is 35.3 Å². The van der Waals surface area contributed by atoms with Gasteiger partial charge in [-0.25, -0.2) is 4.79 Å². The van der Waals surface area contributed by atoms with Gasteiger partial charge >= 0.3 is 6.09 Å². The van der Waals surface area contributed by atoms with Crippen LogP contribution in [-0.2, 0) is 11.2 Å². The predicted molar refractivity (Wildman–Crippen MR) is 162 cm³/mol. The molecule has 0 saturated carbocycles. The molecule has 2 heterocycles. The minimum absolute atomic E-state index is 0.0334. The molecule has 3 aromatic carbocycles. The number of hydrogen-bond donors (Lipinski definition) is 1. The number of para-hydroxylation sites is 1. The second-order valence-corrected chi connectivity index (χ2v) is 11.7. The first-order valence-electron chi connectivity index (χ1n) is 14.1. The number of carbonyl (C=O) groups is 2. The van der Waals surface area contributed by atoms with Crippen LogP contribution in [0.5, 0.6) is 11.5 Å². The number of carbonyl (C=O) groups excluding carboxylic acids is 2. The van der Waals surface area contributed by atoms with E-state index in [1.807, 2.05) is 49.9 Å². The zero-order valence-electron chi connectivity index (χ0n) is 24.7. The molecule has 0 aliphatic carbocycles. The fraction of sp³-hybridized carbons (Fsp3) is 0.394. The highest BCUT2D eigenvalue weighted by Gasteiger charge is 2.38. The van der Waals surface area contributed by atoms with Crippen LogP contribution in [-0.4, -0.2) is 44.4 Å². The summed E-state index contributed by atoms with van der Waals surface area (Å²) in [6, 6.07) is 19.7. The van der Waals surface area contributed by atoms with Crippen LogP contribution >= 0.6 is 0 Å². The normalized spacial score (nSPS) is 18.2. The Labute approximate surface area is 242 Å². The van der Waals surface area contributed by atoms with Crippen molar-refractivity contribution >= 4 is 29.1 Å². The van der Waals surface area contributed by atoms with Crippen LogP contribution in [0.3, 0.4) is 0 Å². The van der Waals surface area contributed by atoms with Gasteiger partial charge in [0.1, 0.15) is 5.60 Å². The zero-order valence-corrected chi connectivity index (χ0v) is 24.7. The van der Waals surface area contributed by atoms with Crippen LogP contribution in [0.2, 0.25) is 0 Å². The van der Waals surface area contributed by atoms with Crippen LogP contribution in [0.25, 0.3) is 0 Å². The second kappa shape index (κ2) is 11.4. The topological polar surface area (TPSA) is 80.3 Å². The minimum Gasteiger partial charge on any atom is -0.493 e. The lowest BCUT2D eigenvalue weighted by Gasteiger charge is -2.46. The van der Waals surface area contributed by atoms with Crippen molar-refractivity contribution < 1.29 is 23.8 Å². The van der Waals surface area contributed by atoms with Crippen molar-refractivity contribution in [2.24, 2.45) is 0 Å². The van der Waals surface area contributed by atoms with Crippen LogP contribution in [0.15, 0.2) is 60.7 Å². The van der Waals surface area contributed by atoms with E-state index in [1.165, 1.54) is 5.56 Å². The molecule has 1 N–H and O–H groups in total. The molecule has 8 nitrogen and oxygen atoms in total. The molecule has 5 rings (SSSR count). The van der Waals surface area contributed by atoms with Crippen molar-refractivity contribution in [2.45, 2.75) is 64.6 Å². The molecular formula is C33H39N3O5. The highest BCUT2D eigenvalue weighted by atomic mass is 16.6. The Hall–Kier alpha value is -4.20. The number of ether oxygens (including phenoxy) is 3. The Morgan fingerprint density at radius 3 is 2.41 bits per heavy atom. The van der Waals surface area contributed by atoms with Crippen molar-refractivity contribution in [2.75, 3.05) is 35.9 Å². The third kappa shape index (κ3) is 5.82. The number of amides is 2. The number of benzene rings is 3. The van der Waals surface area contributed by atoms with E-state index >= 15 is 0 Å². The molecule has 0 spiro atoms. The molecule has 8 heteroatoms. The highest BCUT2D eigenvalue weighted by molar-refractivity contribution is 6.07. The maximum absolute atomic E-state index is 13.9. The number of fused-ring (bicyclic) bond motifs is 2. The van der Waals surface area contributed by atoms with E-state index in [4.69, 9.17) is 14.2 Å². The largest absolute Gasteiger partial charge is 0.493 e. The van der Waals surface area contributed by atoms with E-state index in [0.29, 0.717) is 17.1 Å². The monoisotopic (exact) mass is 557 g/mol. The summed E-state index contributed by atoms with van der Waals surface area (Å²) in [6.07, 6.45) is 2.26. The average Bonchev–Trinajstić information content (AvgIpc) is 2.94. The summed E-state index contributed by atoms with van der Waals surface area (Å²) in [6.45, 7) is 8.58. The molecule has 2 atom stereocenters. The smallest absolute Gasteiger partial charge is 0.412 e. The first-order chi connectivity index (χ1) is 19.6. The number of nitrogens with zero attached hydrogens (tertiary/aromatic N) is 2. The Kier molecular flexibility index (Phi) is 7.84. The lowest BCUT2D eigenvalue weighted by molar-refractivity contribution is 0.0635. The molecule has 41 heavy (non-hydrogen) atoms. The highest BCUT2D eigenvalue weighted by Crippen LogP contribution is 2.45. The van der Waals surface area contributed by atoms with Gasteiger partial charge in [-0.2, -0.15) is 0 Å². The van der Waals surface area contributed by atoms with Crippen molar-refractivity contribution in [3.05, 3.63) is 77.4 Å².